The first-order chi connectivity index (χ1) is 7.52. The van der Waals surface area contributed by atoms with Crippen molar-refractivity contribution in [3.8, 4) is 0 Å². The summed E-state index contributed by atoms with van der Waals surface area (Å²) in [4.78, 5) is 0. The van der Waals surface area contributed by atoms with Gasteiger partial charge in [-0.1, -0.05) is 0 Å². The molecular weight excluding hydrogens is 230 g/mol. The van der Waals surface area contributed by atoms with Gasteiger partial charge in [-0.05, 0) is 25.8 Å². The van der Waals surface area contributed by atoms with E-state index in [1.54, 1.807) is 0 Å². The third kappa shape index (κ3) is 2.42. The summed E-state index contributed by atoms with van der Waals surface area (Å²) < 4.78 is 31.8. The van der Waals surface area contributed by atoms with E-state index in [0.717, 1.165) is 0 Å². The highest BCUT2D eigenvalue weighted by Gasteiger charge is 2.32. The highest BCUT2D eigenvalue weighted by Crippen LogP contribution is 2.22. The summed E-state index contributed by atoms with van der Waals surface area (Å²) in [6, 6.07) is 1.44. The van der Waals surface area contributed by atoms with E-state index < -0.39 is 15.6 Å². The molecule has 0 radical (unpaired) electrons. The molecule has 1 aromatic heterocycles. The Morgan fingerprint density at radius 2 is 2.19 bits per heavy atom. The average molecular weight is 245 g/mol. The number of hydrogen-bond donors (Lipinski definition) is 2. The van der Waals surface area contributed by atoms with Crippen molar-refractivity contribution < 1.29 is 13.2 Å². The molecule has 0 unspecified atom stereocenters. The molecule has 0 amide bonds. The summed E-state index contributed by atoms with van der Waals surface area (Å²) >= 11 is 0. The van der Waals surface area contributed by atoms with Crippen molar-refractivity contribution in [2.24, 2.45) is 0 Å². The Balaban J connectivity index is 2.14. The standard InChI is InChI=1S/C9H15N3O3S/c1-9(3-6-15-7-4-9)12-16(13,14)8-2-5-10-11-8/h2,5,12H,3-4,6-7H2,1H3,(H,10,11). The highest BCUT2D eigenvalue weighted by atomic mass is 32.2. The van der Waals surface area contributed by atoms with Gasteiger partial charge in [0.15, 0.2) is 5.03 Å². The van der Waals surface area contributed by atoms with Crippen molar-refractivity contribution in [3.63, 3.8) is 0 Å². The van der Waals surface area contributed by atoms with Gasteiger partial charge in [-0.15, -0.1) is 0 Å². The normalized spacial score (nSPS) is 20.8. The summed E-state index contributed by atoms with van der Waals surface area (Å²) in [5.74, 6) is 0. The van der Waals surface area contributed by atoms with E-state index in [1.807, 2.05) is 6.92 Å². The molecule has 7 heteroatoms. The van der Waals surface area contributed by atoms with Gasteiger partial charge in [-0.25, -0.2) is 13.1 Å². The van der Waals surface area contributed by atoms with Crippen molar-refractivity contribution in [2.45, 2.75) is 30.3 Å². The van der Waals surface area contributed by atoms with Crippen LogP contribution in [0.2, 0.25) is 0 Å². The summed E-state index contributed by atoms with van der Waals surface area (Å²) in [7, 11) is -3.50. The minimum atomic E-state index is -3.50. The smallest absolute Gasteiger partial charge is 0.257 e. The van der Waals surface area contributed by atoms with Crippen LogP contribution in [0, 0.1) is 0 Å². The minimum Gasteiger partial charge on any atom is -0.381 e. The molecule has 1 aliphatic rings. The largest absolute Gasteiger partial charge is 0.381 e. The second-order valence-corrected chi connectivity index (χ2v) is 5.85. The number of nitrogens with one attached hydrogen (secondary N) is 2. The lowest BCUT2D eigenvalue weighted by Crippen LogP contribution is -2.49. The number of nitrogens with zero attached hydrogens (tertiary/aromatic N) is 1. The lowest BCUT2D eigenvalue weighted by molar-refractivity contribution is 0.0537. The number of sulfonamides is 1. The molecule has 1 saturated heterocycles. The SMILES string of the molecule is CC1(NS(=O)(=O)c2ccn[nH]2)CCOCC1. The summed E-state index contributed by atoms with van der Waals surface area (Å²) in [6.45, 7) is 3.06. The number of hydrogen-bond acceptors (Lipinski definition) is 4. The van der Waals surface area contributed by atoms with E-state index >= 15 is 0 Å². The number of ether oxygens (including phenoxy) is 1. The fourth-order valence-electron chi connectivity index (χ4n) is 1.70. The molecule has 0 aliphatic carbocycles. The third-order valence-electron chi connectivity index (χ3n) is 2.74. The van der Waals surface area contributed by atoms with Gasteiger partial charge < -0.3 is 4.74 Å². The molecule has 6 nitrogen and oxygen atoms in total. The van der Waals surface area contributed by atoms with Crippen LogP contribution in [0.5, 0.6) is 0 Å². The van der Waals surface area contributed by atoms with E-state index in [9.17, 15) is 8.42 Å². The zero-order valence-electron chi connectivity index (χ0n) is 9.06. The quantitative estimate of drug-likeness (QED) is 0.800. The molecule has 2 heterocycles. The predicted molar refractivity (Wildman–Crippen MR) is 57.4 cm³/mol. The van der Waals surface area contributed by atoms with Gasteiger partial charge in [0.1, 0.15) is 0 Å². The fourth-order valence-corrected chi connectivity index (χ4v) is 3.07. The topological polar surface area (TPSA) is 84.1 Å². The van der Waals surface area contributed by atoms with Crippen molar-refractivity contribution in [3.05, 3.63) is 12.3 Å². The lowest BCUT2D eigenvalue weighted by Gasteiger charge is -2.33. The zero-order valence-corrected chi connectivity index (χ0v) is 9.88. The number of aromatic nitrogens is 2. The molecule has 0 bridgehead atoms. The van der Waals surface area contributed by atoms with E-state index in [-0.39, 0.29) is 5.03 Å². The number of H-pyrrole nitrogens is 1. The molecule has 1 aliphatic heterocycles. The van der Waals surface area contributed by atoms with Gasteiger partial charge >= 0.3 is 0 Å². The molecule has 16 heavy (non-hydrogen) atoms. The van der Waals surface area contributed by atoms with Gasteiger partial charge in [0.2, 0.25) is 0 Å². The third-order valence-corrected chi connectivity index (χ3v) is 4.31. The molecule has 0 saturated carbocycles. The molecule has 0 atom stereocenters. The fraction of sp³-hybridized carbons (Fsp3) is 0.667. The van der Waals surface area contributed by atoms with Gasteiger partial charge in [0.05, 0.1) is 6.20 Å². The predicted octanol–water partition coefficient (Wildman–Crippen LogP) is 0.257. The van der Waals surface area contributed by atoms with Crippen LogP contribution in [0.1, 0.15) is 19.8 Å². The Kier molecular flexibility index (Phi) is 3.00. The molecule has 0 spiro atoms. The van der Waals surface area contributed by atoms with Crippen LogP contribution in [-0.2, 0) is 14.8 Å². The van der Waals surface area contributed by atoms with E-state index in [1.165, 1.54) is 12.3 Å². The Hall–Kier alpha value is -0.920. The molecule has 2 N–H and O–H groups in total. The van der Waals surface area contributed by atoms with Gasteiger partial charge in [0, 0.05) is 18.8 Å². The first kappa shape index (κ1) is 11.6. The van der Waals surface area contributed by atoms with Gasteiger partial charge in [-0.3, -0.25) is 5.10 Å². The molecule has 0 aromatic carbocycles. The zero-order chi connectivity index (χ0) is 11.6. The van der Waals surface area contributed by atoms with E-state index in [4.69, 9.17) is 4.74 Å². The second kappa shape index (κ2) is 4.15. The molecular formula is C9H15N3O3S. The Morgan fingerprint density at radius 3 is 2.75 bits per heavy atom. The maximum absolute atomic E-state index is 11.9. The summed E-state index contributed by atoms with van der Waals surface area (Å²) in [5.41, 5.74) is -0.428. The maximum atomic E-state index is 11.9. The number of rotatable bonds is 3. The average Bonchev–Trinajstić information content (AvgIpc) is 2.70. The first-order valence-corrected chi connectivity index (χ1v) is 6.61. The van der Waals surface area contributed by atoms with Gasteiger partial charge in [0.25, 0.3) is 10.0 Å². The minimum absolute atomic E-state index is 0.0974. The van der Waals surface area contributed by atoms with Crippen LogP contribution in [0.4, 0.5) is 0 Å². The van der Waals surface area contributed by atoms with Crippen LogP contribution in [-0.4, -0.2) is 37.4 Å². The van der Waals surface area contributed by atoms with Gasteiger partial charge in [-0.2, -0.15) is 5.10 Å². The monoisotopic (exact) mass is 245 g/mol. The number of aromatic amines is 1. The Bertz CT molecular complexity index is 435. The van der Waals surface area contributed by atoms with Crippen LogP contribution in [0.15, 0.2) is 17.3 Å². The Labute approximate surface area is 94.4 Å². The lowest BCUT2D eigenvalue weighted by atomic mass is 9.94. The van der Waals surface area contributed by atoms with Crippen LogP contribution in [0.3, 0.4) is 0 Å². The Morgan fingerprint density at radius 1 is 1.50 bits per heavy atom. The first-order valence-electron chi connectivity index (χ1n) is 5.13. The van der Waals surface area contributed by atoms with Crippen LogP contribution >= 0.6 is 0 Å². The van der Waals surface area contributed by atoms with E-state index in [2.05, 4.69) is 14.9 Å². The summed E-state index contributed by atoms with van der Waals surface area (Å²) in [6.07, 6.45) is 2.78. The highest BCUT2D eigenvalue weighted by molar-refractivity contribution is 7.89. The van der Waals surface area contributed by atoms with Crippen LogP contribution < -0.4 is 4.72 Å². The molecule has 1 aromatic rings. The van der Waals surface area contributed by atoms with Crippen molar-refractivity contribution in [1.82, 2.24) is 14.9 Å². The van der Waals surface area contributed by atoms with E-state index in [0.29, 0.717) is 26.1 Å². The maximum Gasteiger partial charge on any atom is 0.257 e. The van der Waals surface area contributed by atoms with Crippen LogP contribution in [0.25, 0.3) is 0 Å². The van der Waals surface area contributed by atoms with Crippen molar-refractivity contribution in [2.75, 3.05) is 13.2 Å². The summed E-state index contributed by atoms with van der Waals surface area (Å²) in [5, 5.41) is 6.19. The molecule has 90 valence electrons. The van der Waals surface area contributed by atoms with Crippen molar-refractivity contribution in [1.29, 1.82) is 0 Å². The second-order valence-electron chi connectivity index (χ2n) is 4.20. The molecule has 2 rings (SSSR count). The van der Waals surface area contributed by atoms with Crippen molar-refractivity contribution >= 4 is 10.0 Å². The molecule has 1 fully saturated rings.